The Labute approximate surface area is 183 Å². The molecule has 0 unspecified atom stereocenters. The first-order valence-electron chi connectivity index (χ1n) is 10.1. The predicted octanol–water partition coefficient (Wildman–Crippen LogP) is 5.75. The van der Waals surface area contributed by atoms with E-state index >= 15 is 0 Å². The Morgan fingerprint density at radius 2 is 1.28 bits per heavy atom. The maximum absolute atomic E-state index is 11.2. The molecule has 0 aliphatic heterocycles. The average molecular weight is 427 g/mol. The number of H-pyrrole nitrogens is 2. The minimum Gasteiger partial charge on any atom is -0.497 e. The van der Waals surface area contributed by atoms with E-state index in [1.165, 1.54) is 0 Å². The van der Waals surface area contributed by atoms with Crippen LogP contribution in [0.25, 0.3) is 21.8 Å². The molecule has 0 saturated carbocycles. The van der Waals surface area contributed by atoms with E-state index in [9.17, 15) is 10.1 Å². The molecule has 5 rings (SSSR count). The molecule has 0 spiro atoms. The lowest BCUT2D eigenvalue weighted by Crippen LogP contribution is -2.03. The highest BCUT2D eigenvalue weighted by Crippen LogP contribution is 2.40. The van der Waals surface area contributed by atoms with E-state index in [1.54, 1.807) is 26.4 Å². The third kappa shape index (κ3) is 3.24. The first-order chi connectivity index (χ1) is 15.6. The molecule has 7 heteroatoms. The molecular formula is C25H21N3O4. The van der Waals surface area contributed by atoms with Gasteiger partial charge in [-0.15, -0.1) is 0 Å². The summed E-state index contributed by atoms with van der Waals surface area (Å²) in [6.07, 6.45) is 4.00. The molecule has 2 heterocycles. The van der Waals surface area contributed by atoms with Crippen molar-refractivity contribution in [2.45, 2.75) is 5.92 Å². The van der Waals surface area contributed by atoms with Gasteiger partial charge in [0, 0.05) is 64.4 Å². The number of hydrogen-bond donors (Lipinski definition) is 2. The zero-order chi connectivity index (χ0) is 22.2. The van der Waals surface area contributed by atoms with Crippen LogP contribution in [-0.4, -0.2) is 29.1 Å². The van der Waals surface area contributed by atoms with Crippen LogP contribution in [0.2, 0.25) is 0 Å². The minimum absolute atomic E-state index is 0.0693. The first kappa shape index (κ1) is 19.7. The van der Waals surface area contributed by atoms with Crippen LogP contribution in [0.5, 0.6) is 11.5 Å². The van der Waals surface area contributed by atoms with Gasteiger partial charge < -0.3 is 19.4 Å². The molecule has 7 nitrogen and oxygen atoms in total. The van der Waals surface area contributed by atoms with Gasteiger partial charge >= 0.3 is 0 Å². The van der Waals surface area contributed by atoms with Crippen molar-refractivity contribution in [1.29, 1.82) is 0 Å². The van der Waals surface area contributed by atoms with Crippen LogP contribution >= 0.6 is 0 Å². The highest BCUT2D eigenvalue weighted by molar-refractivity contribution is 5.90. The number of nitro benzene ring substituents is 1. The fraction of sp³-hybridized carbons (Fsp3) is 0.120. The lowest BCUT2D eigenvalue weighted by Gasteiger charge is -2.17. The van der Waals surface area contributed by atoms with Crippen molar-refractivity contribution in [3.8, 4) is 11.5 Å². The van der Waals surface area contributed by atoms with Gasteiger partial charge in [-0.1, -0.05) is 12.1 Å². The zero-order valence-corrected chi connectivity index (χ0v) is 17.6. The molecule has 0 aliphatic rings. The maximum Gasteiger partial charge on any atom is 0.269 e. The molecular weight excluding hydrogens is 406 g/mol. The molecule has 0 aliphatic carbocycles. The molecule has 0 amide bonds. The Kier molecular flexibility index (Phi) is 4.78. The maximum atomic E-state index is 11.2. The highest BCUT2D eigenvalue weighted by atomic mass is 16.6. The Balaban J connectivity index is 1.72. The fourth-order valence-corrected chi connectivity index (χ4v) is 4.30. The second kappa shape index (κ2) is 7.77. The lowest BCUT2D eigenvalue weighted by atomic mass is 9.84. The van der Waals surface area contributed by atoms with Crippen LogP contribution in [0.4, 0.5) is 5.69 Å². The third-order valence-corrected chi connectivity index (χ3v) is 5.90. The van der Waals surface area contributed by atoms with E-state index in [4.69, 9.17) is 9.47 Å². The topological polar surface area (TPSA) is 93.2 Å². The van der Waals surface area contributed by atoms with Crippen molar-refractivity contribution < 1.29 is 14.4 Å². The van der Waals surface area contributed by atoms with Gasteiger partial charge in [-0.2, -0.15) is 0 Å². The molecule has 0 saturated heterocycles. The van der Waals surface area contributed by atoms with Crippen molar-refractivity contribution in [2.24, 2.45) is 0 Å². The number of aromatic nitrogens is 2. The summed E-state index contributed by atoms with van der Waals surface area (Å²) in [5.74, 6) is 1.41. The number of rotatable bonds is 6. The molecule has 2 aromatic heterocycles. The number of hydrogen-bond acceptors (Lipinski definition) is 4. The third-order valence-electron chi connectivity index (χ3n) is 5.90. The number of methoxy groups -OCH3 is 2. The average Bonchev–Trinajstić information content (AvgIpc) is 3.43. The highest BCUT2D eigenvalue weighted by Gasteiger charge is 2.24. The Morgan fingerprint density at radius 1 is 0.781 bits per heavy atom. The number of aromatic amines is 2. The van der Waals surface area contributed by atoms with Crippen LogP contribution in [0.3, 0.4) is 0 Å². The van der Waals surface area contributed by atoms with Crippen LogP contribution < -0.4 is 9.47 Å². The number of nitrogens with zero attached hydrogens (tertiary/aromatic N) is 1. The van der Waals surface area contributed by atoms with E-state index in [-0.39, 0.29) is 16.5 Å². The minimum atomic E-state index is -0.380. The molecule has 3 aromatic carbocycles. The van der Waals surface area contributed by atoms with E-state index < -0.39 is 0 Å². The van der Waals surface area contributed by atoms with Gasteiger partial charge in [0.15, 0.2) is 0 Å². The monoisotopic (exact) mass is 427 g/mol. The van der Waals surface area contributed by atoms with Crippen LogP contribution in [-0.2, 0) is 0 Å². The van der Waals surface area contributed by atoms with Gasteiger partial charge in [0.25, 0.3) is 5.69 Å². The van der Waals surface area contributed by atoms with E-state index in [1.807, 2.05) is 60.9 Å². The van der Waals surface area contributed by atoms with Gasteiger partial charge in [0.1, 0.15) is 11.5 Å². The summed E-state index contributed by atoms with van der Waals surface area (Å²) in [4.78, 5) is 17.5. The van der Waals surface area contributed by atoms with E-state index in [2.05, 4.69) is 9.97 Å². The Bertz CT molecular complexity index is 1350. The summed E-state index contributed by atoms with van der Waals surface area (Å²) in [5.41, 5.74) is 5.12. The van der Waals surface area contributed by atoms with E-state index in [0.29, 0.717) is 0 Å². The summed E-state index contributed by atoms with van der Waals surface area (Å²) in [7, 11) is 3.29. The van der Waals surface area contributed by atoms with E-state index in [0.717, 1.165) is 50.0 Å². The number of fused-ring (bicyclic) bond motifs is 2. The normalized spacial score (nSPS) is 11.3. The quantitative estimate of drug-likeness (QED) is 0.266. The molecule has 32 heavy (non-hydrogen) atoms. The summed E-state index contributed by atoms with van der Waals surface area (Å²) >= 11 is 0. The van der Waals surface area contributed by atoms with Gasteiger partial charge in [0.05, 0.1) is 19.1 Å². The number of benzene rings is 3. The van der Waals surface area contributed by atoms with Crippen molar-refractivity contribution in [3.05, 3.63) is 99.9 Å². The van der Waals surface area contributed by atoms with Crippen LogP contribution in [0.15, 0.2) is 73.1 Å². The second-order valence-electron chi connectivity index (χ2n) is 7.59. The van der Waals surface area contributed by atoms with Gasteiger partial charge in [-0.3, -0.25) is 10.1 Å². The Morgan fingerprint density at radius 3 is 1.72 bits per heavy atom. The van der Waals surface area contributed by atoms with Crippen molar-refractivity contribution in [2.75, 3.05) is 14.2 Å². The standard InChI is InChI=1S/C25H21N3O4/c1-31-17-7-9-19-21(13-26-23(19)11-17)25(15-3-5-16(6-4-15)28(29)30)22-14-27-24-12-18(32-2)8-10-20(22)24/h3-14,25-27H,1-2H3. The van der Waals surface area contributed by atoms with Crippen molar-refractivity contribution >= 4 is 27.5 Å². The largest absolute Gasteiger partial charge is 0.497 e. The molecule has 0 bridgehead atoms. The summed E-state index contributed by atoms with van der Waals surface area (Å²) < 4.78 is 10.7. The van der Waals surface area contributed by atoms with Gasteiger partial charge in [-0.25, -0.2) is 0 Å². The Hall–Kier alpha value is -4.26. The molecule has 0 atom stereocenters. The van der Waals surface area contributed by atoms with Crippen LogP contribution in [0.1, 0.15) is 22.6 Å². The van der Waals surface area contributed by atoms with Crippen LogP contribution in [0, 0.1) is 10.1 Å². The summed E-state index contributed by atoms with van der Waals surface area (Å²) in [6, 6.07) is 18.6. The summed E-state index contributed by atoms with van der Waals surface area (Å²) in [6.45, 7) is 0. The fourth-order valence-electron chi connectivity index (χ4n) is 4.30. The lowest BCUT2D eigenvalue weighted by molar-refractivity contribution is -0.384. The molecule has 160 valence electrons. The van der Waals surface area contributed by atoms with Crippen molar-refractivity contribution in [1.82, 2.24) is 9.97 Å². The molecule has 0 fully saturated rings. The first-order valence-corrected chi connectivity index (χ1v) is 10.1. The number of nitrogens with one attached hydrogen (secondary N) is 2. The predicted molar refractivity (Wildman–Crippen MR) is 124 cm³/mol. The van der Waals surface area contributed by atoms with Crippen molar-refractivity contribution in [3.63, 3.8) is 0 Å². The molecule has 5 aromatic rings. The second-order valence-corrected chi connectivity index (χ2v) is 7.59. The smallest absolute Gasteiger partial charge is 0.269 e. The number of ether oxygens (including phenoxy) is 2. The zero-order valence-electron chi connectivity index (χ0n) is 17.6. The summed E-state index contributed by atoms with van der Waals surface area (Å²) in [5, 5.41) is 13.3. The van der Waals surface area contributed by atoms with Gasteiger partial charge in [-0.05, 0) is 41.0 Å². The number of non-ortho nitro benzene ring substituents is 1. The van der Waals surface area contributed by atoms with Gasteiger partial charge in [0.2, 0.25) is 0 Å². The SMILES string of the molecule is COc1ccc2c(C(c3ccc([N+](=O)[O-])cc3)c3c[nH]c4cc(OC)ccc34)c[nH]c2c1. The number of nitro groups is 1. The molecule has 0 radical (unpaired) electrons. The molecule has 2 N–H and O–H groups in total.